The van der Waals surface area contributed by atoms with Crippen LogP contribution in [0.5, 0.6) is 5.75 Å². The summed E-state index contributed by atoms with van der Waals surface area (Å²) in [5.41, 5.74) is 0.785. The molecule has 0 aliphatic rings. The number of para-hydroxylation sites is 1. The second-order valence-electron chi connectivity index (χ2n) is 3.35. The van der Waals surface area contributed by atoms with Gasteiger partial charge in [-0.05, 0) is 13.0 Å². The maximum absolute atomic E-state index is 11.2. The number of phenols is 1. The van der Waals surface area contributed by atoms with Crippen LogP contribution in [0.1, 0.15) is 12.5 Å². The Balaban J connectivity index is 0.00000225. The zero-order chi connectivity index (χ0) is 11.3. The van der Waals surface area contributed by atoms with Gasteiger partial charge in [0.05, 0.1) is 6.04 Å². The first-order valence-corrected chi connectivity index (χ1v) is 4.87. The maximum Gasteiger partial charge on any atom is 0.236 e. The van der Waals surface area contributed by atoms with E-state index in [1.54, 1.807) is 26.1 Å². The zero-order valence-corrected chi connectivity index (χ0v) is 10.2. The molecule has 5 heteroatoms. The molecule has 16 heavy (non-hydrogen) atoms. The van der Waals surface area contributed by atoms with Gasteiger partial charge in [-0.15, -0.1) is 12.4 Å². The van der Waals surface area contributed by atoms with Gasteiger partial charge in [0.25, 0.3) is 0 Å². The number of hydrogen-bond donors (Lipinski definition) is 3. The molecule has 0 bridgehead atoms. The van der Waals surface area contributed by atoms with Gasteiger partial charge in [0, 0.05) is 19.2 Å². The molecule has 0 aromatic heterocycles. The van der Waals surface area contributed by atoms with Gasteiger partial charge in [-0.1, -0.05) is 18.2 Å². The third-order valence-electron chi connectivity index (χ3n) is 2.23. The molecule has 0 saturated heterocycles. The Morgan fingerprint density at radius 2 is 2.06 bits per heavy atom. The van der Waals surface area contributed by atoms with Crippen molar-refractivity contribution in [2.24, 2.45) is 0 Å². The summed E-state index contributed by atoms with van der Waals surface area (Å²) in [7, 11) is 1.60. The van der Waals surface area contributed by atoms with Crippen molar-refractivity contribution < 1.29 is 9.90 Å². The normalized spacial score (nSPS) is 11.4. The molecule has 3 N–H and O–H groups in total. The second kappa shape index (κ2) is 7.09. The summed E-state index contributed by atoms with van der Waals surface area (Å²) < 4.78 is 0. The minimum Gasteiger partial charge on any atom is -0.508 e. The van der Waals surface area contributed by atoms with Gasteiger partial charge in [0.2, 0.25) is 5.91 Å². The van der Waals surface area contributed by atoms with E-state index in [0.717, 1.165) is 5.56 Å². The number of halogens is 1. The smallest absolute Gasteiger partial charge is 0.236 e. The molecule has 1 rings (SSSR count). The van der Waals surface area contributed by atoms with Crippen LogP contribution in [0.3, 0.4) is 0 Å². The number of likely N-dealkylation sites (N-methyl/N-ethyl adjacent to an activating group) is 1. The Morgan fingerprint density at radius 1 is 1.44 bits per heavy atom. The highest BCUT2D eigenvalue weighted by Crippen LogP contribution is 2.14. The van der Waals surface area contributed by atoms with Gasteiger partial charge in [0.15, 0.2) is 0 Å². The summed E-state index contributed by atoms with van der Waals surface area (Å²) in [6.07, 6.45) is 0. The zero-order valence-electron chi connectivity index (χ0n) is 9.36. The first kappa shape index (κ1) is 14.7. The first-order chi connectivity index (χ1) is 7.15. The molecule has 0 radical (unpaired) electrons. The minimum atomic E-state index is -0.269. The molecular weight excluding hydrogens is 228 g/mol. The molecule has 0 spiro atoms. The number of phenolic OH excluding ortho intramolecular Hbond substituents is 1. The largest absolute Gasteiger partial charge is 0.508 e. The highest BCUT2D eigenvalue weighted by atomic mass is 35.5. The van der Waals surface area contributed by atoms with Crippen molar-refractivity contribution >= 4 is 18.3 Å². The van der Waals surface area contributed by atoms with Crippen LogP contribution in [0, 0.1) is 0 Å². The summed E-state index contributed by atoms with van der Waals surface area (Å²) in [5.74, 6) is 0.180. The van der Waals surface area contributed by atoms with Gasteiger partial charge < -0.3 is 15.7 Å². The van der Waals surface area contributed by atoms with E-state index in [0.29, 0.717) is 6.54 Å². The van der Waals surface area contributed by atoms with E-state index in [1.807, 2.05) is 12.1 Å². The summed E-state index contributed by atoms with van der Waals surface area (Å²) in [5, 5.41) is 15.0. The number of aromatic hydroxyl groups is 1. The van der Waals surface area contributed by atoms with E-state index in [9.17, 15) is 9.90 Å². The lowest BCUT2D eigenvalue weighted by Crippen LogP contribution is -2.40. The molecule has 0 aliphatic heterocycles. The molecule has 1 atom stereocenters. The third kappa shape index (κ3) is 4.08. The van der Waals surface area contributed by atoms with Crippen molar-refractivity contribution in [1.29, 1.82) is 0 Å². The number of carbonyl (C=O) groups excluding carboxylic acids is 1. The highest BCUT2D eigenvalue weighted by Gasteiger charge is 2.10. The molecule has 0 saturated carbocycles. The Hall–Kier alpha value is -1.26. The fourth-order valence-electron chi connectivity index (χ4n) is 1.23. The van der Waals surface area contributed by atoms with Crippen molar-refractivity contribution in [2.75, 3.05) is 7.05 Å². The van der Waals surface area contributed by atoms with Crippen molar-refractivity contribution in [1.82, 2.24) is 10.6 Å². The lowest BCUT2D eigenvalue weighted by molar-refractivity contribution is -0.122. The van der Waals surface area contributed by atoms with Crippen LogP contribution in [-0.4, -0.2) is 24.1 Å². The fourth-order valence-corrected chi connectivity index (χ4v) is 1.23. The van der Waals surface area contributed by atoms with E-state index >= 15 is 0 Å². The molecule has 0 unspecified atom stereocenters. The number of hydrogen-bond acceptors (Lipinski definition) is 3. The minimum absolute atomic E-state index is 0. The molecule has 0 fully saturated rings. The molecular formula is C11H17ClN2O2. The topological polar surface area (TPSA) is 61.4 Å². The number of benzene rings is 1. The van der Waals surface area contributed by atoms with Gasteiger partial charge in [0.1, 0.15) is 5.75 Å². The average Bonchev–Trinajstić information content (AvgIpc) is 2.26. The van der Waals surface area contributed by atoms with E-state index in [2.05, 4.69) is 10.6 Å². The standard InChI is InChI=1S/C11H16N2O2.ClH/c1-8(11(15)12-2)13-7-9-5-3-4-6-10(9)14;/h3-6,8,13-14H,7H2,1-2H3,(H,12,15);1H/t8-;/m1./s1. The number of nitrogens with one attached hydrogen (secondary N) is 2. The monoisotopic (exact) mass is 244 g/mol. The average molecular weight is 245 g/mol. The molecule has 0 heterocycles. The number of carbonyl (C=O) groups is 1. The van der Waals surface area contributed by atoms with Crippen molar-refractivity contribution in [3.05, 3.63) is 29.8 Å². The molecule has 0 aliphatic carbocycles. The summed E-state index contributed by atoms with van der Waals surface area (Å²) >= 11 is 0. The highest BCUT2D eigenvalue weighted by molar-refractivity contribution is 5.85. The summed E-state index contributed by atoms with van der Waals surface area (Å²) in [6.45, 7) is 2.25. The quantitative estimate of drug-likeness (QED) is 0.742. The Bertz CT molecular complexity index is 345. The fraction of sp³-hybridized carbons (Fsp3) is 0.364. The van der Waals surface area contributed by atoms with Crippen LogP contribution < -0.4 is 10.6 Å². The SMILES string of the molecule is CNC(=O)[C@@H](C)NCc1ccccc1O.Cl. The van der Waals surface area contributed by atoms with E-state index in [-0.39, 0.29) is 30.1 Å². The van der Waals surface area contributed by atoms with Gasteiger partial charge in [-0.2, -0.15) is 0 Å². The van der Waals surface area contributed by atoms with Crippen LogP contribution in [-0.2, 0) is 11.3 Å². The van der Waals surface area contributed by atoms with Gasteiger partial charge in [-0.3, -0.25) is 4.79 Å². The second-order valence-corrected chi connectivity index (χ2v) is 3.35. The van der Waals surface area contributed by atoms with Crippen molar-refractivity contribution in [3.63, 3.8) is 0 Å². The van der Waals surface area contributed by atoms with E-state index in [4.69, 9.17) is 0 Å². The van der Waals surface area contributed by atoms with Gasteiger partial charge in [-0.25, -0.2) is 0 Å². The lowest BCUT2D eigenvalue weighted by Gasteiger charge is -2.12. The van der Waals surface area contributed by atoms with Crippen molar-refractivity contribution in [3.8, 4) is 5.75 Å². The van der Waals surface area contributed by atoms with E-state index < -0.39 is 0 Å². The Labute approximate surface area is 101 Å². The molecule has 1 aromatic carbocycles. The molecule has 4 nitrogen and oxygen atoms in total. The van der Waals surface area contributed by atoms with Crippen molar-refractivity contribution in [2.45, 2.75) is 19.5 Å². The maximum atomic E-state index is 11.2. The summed E-state index contributed by atoms with van der Waals surface area (Å²) in [6, 6.07) is 6.79. The molecule has 90 valence electrons. The van der Waals surface area contributed by atoms with E-state index in [1.165, 1.54) is 0 Å². The Morgan fingerprint density at radius 3 is 2.62 bits per heavy atom. The molecule has 1 amide bonds. The number of rotatable bonds is 4. The lowest BCUT2D eigenvalue weighted by atomic mass is 10.2. The third-order valence-corrected chi connectivity index (χ3v) is 2.23. The number of amides is 1. The molecule has 1 aromatic rings. The van der Waals surface area contributed by atoms with Crippen LogP contribution in [0.4, 0.5) is 0 Å². The predicted molar refractivity (Wildman–Crippen MR) is 65.7 cm³/mol. The summed E-state index contributed by atoms with van der Waals surface area (Å²) in [4.78, 5) is 11.2. The van der Waals surface area contributed by atoms with Gasteiger partial charge >= 0.3 is 0 Å². The van der Waals surface area contributed by atoms with Crippen LogP contribution in [0.2, 0.25) is 0 Å². The first-order valence-electron chi connectivity index (χ1n) is 4.87. The Kier molecular flexibility index (Phi) is 6.53. The van der Waals surface area contributed by atoms with Crippen LogP contribution in [0.15, 0.2) is 24.3 Å². The van der Waals surface area contributed by atoms with Crippen LogP contribution in [0.25, 0.3) is 0 Å². The van der Waals surface area contributed by atoms with Crippen LogP contribution >= 0.6 is 12.4 Å². The predicted octanol–water partition coefficient (Wildman–Crippen LogP) is 1.04.